The first kappa shape index (κ1) is 22.2. The first-order chi connectivity index (χ1) is 14.5. The molecule has 3 aromatic rings. The highest BCUT2D eigenvalue weighted by atomic mass is 32.2. The molecule has 1 amide bonds. The van der Waals surface area contributed by atoms with Crippen LogP contribution in [-0.4, -0.2) is 44.0 Å². The predicted octanol–water partition coefficient (Wildman–Crippen LogP) is 3.79. The van der Waals surface area contributed by atoms with E-state index < -0.39 is 0 Å². The van der Waals surface area contributed by atoms with Crippen LogP contribution in [0.1, 0.15) is 17.5 Å². The van der Waals surface area contributed by atoms with Crippen LogP contribution in [0.4, 0.5) is 5.13 Å². The summed E-state index contributed by atoms with van der Waals surface area (Å²) in [6, 6.07) is 2.06. The van der Waals surface area contributed by atoms with E-state index in [0.29, 0.717) is 29.1 Å². The van der Waals surface area contributed by atoms with Crippen molar-refractivity contribution in [3.63, 3.8) is 0 Å². The zero-order valence-electron chi connectivity index (χ0n) is 16.6. The summed E-state index contributed by atoms with van der Waals surface area (Å²) in [5.41, 5.74) is 1.57. The number of allylic oxidation sites excluding steroid dienone is 1. The summed E-state index contributed by atoms with van der Waals surface area (Å²) in [6.07, 6.45) is 1.86. The van der Waals surface area contributed by atoms with Gasteiger partial charge in [0.2, 0.25) is 5.91 Å². The van der Waals surface area contributed by atoms with Crippen LogP contribution in [0.3, 0.4) is 0 Å². The largest absolute Gasteiger partial charge is 0.466 e. The Morgan fingerprint density at radius 3 is 2.87 bits per heavy atom. The topological polar surface area (TPSA) is 99.0 Å². The van der Waals surface area contributed by atoms with Crippen LogP contribution in [0.2, 0.25) is 0 Å². The molecule has 0 unspecified atom stereocenters. The van der Waals surface area contributed by atoms with Gasteiger partial charge in [0.05, 0.1) is 24.5 Å². The van der Waals surface area contributed by atoms with Crippen molar-refractivity contribution in [1.29, 1.82) is 0 Å². The summed E-state index contributed by atoms with van der Waals surface area (Å²) in [4.78, 5) is 29.3. The van der Waals surface area contributed by atoms with Crippen molar-refractivity contribution in [3.05, 3.63) is 40.1 Å². The van der Waals surface area contributed by atoms with Gasteiger partial charge in [0.25, 0.3) is 0 Å². The lowest BCUT2D eigenvalue weighted by Crippen LogP contribution is -2.15. The van der Waals surface area contributed by atoms with Crippen molar-refractivity contribution in [1.82, 2.24) is 19.7 Å². The summed E-state index contributed by atoms with van der Waals surface area (Å²) in [7, 11) is 0. The van der Waals surface area contributed by atoms with Gasteiger partial charge >= 0.3 is 5.97 Å². The van der Waals surface area contributed by atoms with E-state index in [-0.39, 0.29) is 24.1 Å². The van der Waals surface area contributed by atoms with Crippen molar-refractivity contribution >= 4 is 51.4 Å². The molecule has 0 saturated carbocycles. The highest BCUT2D eigenvalue weighted by Gasteiger charge is 2.16. The van der Waals surface area contributed by atoms with Crippen LogP contribution in [-0.2, 0) is 27.3 Å². The number of esters is 1. The van der Waals surface area contributed by atoms with Crippen LogP contribution in [0.5, 0.6) is 0 Å². The second kappa shape index (κ2) is 10.5. The van der Waals surface area contributed by atoms with Crippen molar-refractivity contribution in [3.8, 4) is 11.4 Å². The molecule has 3 rings (SSSR count). The van der Waals surface area contributed by atoms with E-state index >= 15 is 0 Å². The highest BCUT2D eigenvalue weighted by Crippen LogP contribution is 2.27. The maximum absolute atomic E-state index is 12.3. The van der Waals surface area contributed by atoms with Crippen molar-refractivity contribution in [2.24, 2.45) is 0 Å². The average Bonchev–Trinajstić information content (AvgIpc) is 3.41. The Bertz CT molecular complexity index is 1040. The fourth-order valence-corrected chi connectivity index (χ4v) is 4.71. The molecule has 158 valence electrons. The fourth-order valence-electron chi connectivity index (χ4n) is 2.55. The lowest BCUT2D eigenvalue weighted by Gasteiger charge is -2.06. The number of aryl methyl sites for hydroxylation is 1. The Morgan fingerprint density at radius 1 is 1.33 bits per heavy atom. The van der Waals surface area contributed by atoms with Crippen molar-refractivity contribution in [2.75, 3.05) is 17.7 Å². The summed E-state index contributed by atoms with van der Waals surface area (Å²) < 4.78 is 6.84. The minimum absolute atomic E-state index is 0.0878. The number of aromatic nitrogens is 4. The normalized spacial score (nSPS) is 10.7. The molecule has 1 N–H and O–H groups in total. The summed E-state index contributed by atoms with van der Waals surface area (Å²) in [5, 5.41) is 16.1. The summed E-state index contributed by atoms with van der Waals surface area (Å²) in [6.45, 7) is 8.47. The smallest absolute Gasteiger partial charge is 0.311 e. The third-order valence-corrected chi connectivity index (χ3v) is 6.41. The van der Waals surface area contributed by atoms with Crippen LogP contribution in [0.25, 0.3) is 11.4 Å². The zero-order valence-corrected chi connectivity index (χ0v) is 19.0. The number of thiazole rings is 1. The molecule has 0 aliphatic carbocycles. The third kappa shape index (κ3) is 5.77. The Morgan fingerprint density at radius 2 is 2.17 bits per heavy atom. The third-order valence-electron chi connectivity index (χ3n) is 3.78. The number of amides is 1. The molecule has 0 saturated heterocycles. The number of hydrogen-bond donors (Lipinski definition) is 1. The number of ether oxygens (including phenoxy) is 1. The summed E-state index contributed by atoms with van der Waals surface area (Å²) >= 11 is 4.22. The minimum Gasteiger partial charge on any atom is -0.466 e. The van der Waals surface area contributed by atoms with E-state index in [9.17, 15) is 9.59 Å². The Labute approximate surface area is 186 Å². The first-order valence-corrected chi connectivity index (χ1v) is 11.9. The average molecular weight is 464 g/mol. The number of carbonyl (C=O) groups excluding carboxylic acids is 2. The van der Waals surface area contributed by atoms with Gasteiger partial charge in [-0.2, -0.15) is 0 Å². The maximum Gasteiger partial charge on any atom is 0.311 e. The van der Waals surface area contributed by atoms with E-state index in [2.05, 4.69) is 33.1 Å². The molecule has 0 atom stereocenters. The first-order valence-electron chi connectivity index (χ1n) is 9.12. The Hall–Kier alpha value is -2.50. The SMILES string of the molecule is C=CCn1c(SCC(=O)Nc2nc(CC(=O)OCC)cs2)nnc1-c1csc(C)c1. The van der Waals surface area contributed by atoms with Gasteiger partial charge in [0.1, 0.15) is 0 Å². The quantitative estimate of drug-likeness (QED) is 0.277. The molecular weight excluding hydrogens is 442 g/mol. The van der Waals surface area contributed by atoms with E-state index in [1.165, 1.54) is 28.0 Å². The molecule has 8 nitrogen and oxygen atoms in total. The van der Waals surface area contributed by atoms with Gasteiger partial charge in [-0.15, -0.1) is 39.4 Å². The highest BCUT2D eigenvalue weighted by molar-refractivity contribution is 7.99. The lowest BCUT2D eigenvalue weighted by atomic mass is 10.3. The molecule has 11 heteroatoms. The second-order valence-electron chi connectivity index (χ2n) is 6.11. The van der Waals surface area contributed by atoms with Crippen LogP contribution < -0.4 is 5.32 Å². The fraction of sp³-hybridized carbons (Fsp3) is 0.316. The number of thioether (sulfide) groups is 1. The zero-order chi connectivity index (χ0) is 21.5. The van der Waals surface area contributed by atoms with Crippen molar-refractivity contribution in [2.45, 2.75) is 32.0 Å². The minimum atomic E-state index is -0.339. The van der Waals surface area contributed by atoms with Crippen LogP contribution in [0.15, 0.2) is 34.6 Å². The second-order valence-corrected chi connectivity index (χ2v) is 9.03. The van der Waals surface area contributed by atoms with Crippen LogP contribution >= 0.6 is 34.4 Å². The number of nitrogens with zero attached hydrogens (tertiary/aromatic N) is 4. The van der Waals surface area contributed by atoms with Gasteiger partial charge in [-0.05, 0) is 19.9 Å². The monoisotopic (exact) mass is 463 g/mol. The number of carbonyl (C=O) groups is 2. The van der Waals surface area contributed by atoms with Gasteiger partial charge in [-0.1, -0.05) is 17.8 Å². The number of nitrogens with one attached hydrogen (secondary N) is 1. The molecular formula is C19H21N5O3S3. The van der Waals surface area contributed by atoms with Crippen molar-refractivity contribution < 1.29 is 14.3 Å². The van der Waals surface area contributed by atoms with E-state index in [1.807, 2.05) is 16.9 Å². The molecule has 0 spiro atoms. The summed E-state index contributed by atoms with van der Waals surface area (Å²) in [5.74, 6) is 0.364. The van der Waals surface area contributed by atoms with Gasteiger partial charge in [0, 0.05) is 27.7 Å². The van der Waals surface area contributed by atoms with Gasteiger partial charge < -0.3 is 10.1 Å². The van der Waals surface area contributed by atoms with Gasteiger partial charge in [-0.3, -0.25) is 14.2 Å². The van der Waals surface area contributed by atoms with Gasteiger partial charge in [0.15, 0.2) is 16.1 Å². The lowest BCUT2D eigenvalue weighted by molar-refractivity contribution is -0.142. The van der Waals surface area contributed by atoms with Crippen LogP contribution in [0, 0.1) is 6.92 Å². The molecule has 0 aliphatic heterocycles. The predicted molar refractivity (Wildman–Crippen MR) is 120 cm³/mol. The van der Waals surface area contributed by atoms with Gasteiger partial charge in [-0.25, -0.2) is 4.98 Å². The number of hydrogen-bond acceptors (Lipinski definition) is 9. The maximum atomic E-state index is 12.3. The Kier molecular flexibility index (Phi) is 7.77. The Balaban J connectivity index is 1.60. The molecule has 3 aromatic heterocycles. The molecule has 0 fully saturated rings. The number of thiophene rings is 1. The number of anilines is 1. The molecule has 0 radical (unpaired) electrons. The standard InChI is InChI=1S/C19H21N5O3S3/c1-4-6-24-17(13-7-12(3)28-9-13)22-23-19(24)30-11-15(25)21-18-20-14(10-29-18)8-16(26)27-5-2/h4,7,9-10H,1,5-6,8,11H2,2-3H3,(H,20,21,25). The van der Waals surface area contributed by atoms with E-state index in [0.717, 1.165) is 11.4 Å². The molecule has 3 heterocycles. The molecule has 0 bridgehead atoms. The van der Waals surface area contributed by atoms with E-state index in [4.69, 9.17) is 4.74 Å². The van der Waals surface area contributed by atoms with E-state index in [1.54, 1.807) is 29.7 Å². The number of rotatable bonds is 10. The molecule has 0 aliphatic rings. The molecule has 30 heavy (non-hydrogen) atoms. The molecule has 0 aromatic carbocycles.